The zero-order valence-corrected chi connectivity index (χ0v) is 15.3. The number of carbonyl (C=O) groups excluding carboxylic acids is 1. The second-order valence-corrected chi connectivity index (χ2v) is 6.54. The van der Waals surface area contributed by atoms with Crippen molar-refractivity contribution in [1.29, 1.82) is 0 Å². The van der Waals surface area contributed by atoms with E-state index < -0.39 is 0 Å². The molecule has 0 aliphatic carbocycles. The molecule has 136 valence electrons. The smallest absolute Gasteiger partial charge is 0.264 e. The predicted octanol–water partition coefficient (Wildman–Crippen LogP) is 4.58. The number of nitrogens with one attached hydrogen (secondary N) is 1. The molecule has 27 heavy (non-hydrogen) atoms. The molecule has 2 aromatic heterocycles. The SMILES string of the molecule is COc1cccc2cc(-c3csc(NC(=O)COc4ccccc4)n3)oc12. The van der Waals surface area contributed by atoms with Crippen molar-refractivity contribution < 1.29 is 18.7 Å². The third-order valence-electron chi connectivity index (χ3n) is 3.84. The van der Waals surface area contributed by atoms with Gasteiger partial charge >= 0.3 is 0 Å². The minimum Gasteiger partial charge on any atom is -0.493 e. The van der Waals surface area contributed by atoms with Crippen molar-refractivity contribution in [1.82, 2.24) is 4.98 Å². The number of hydrogen-bond donors (Lipinski definition) is 1. The summed E-state index contributed by atoms with van der Waals surface area (Å²) < 4.78 is 16.6. The molecule has 0 bridgehead atoms. The number of ether oxygens (including phenoxy) is 2. The first-order valence-electron chi connectivity index (χ1n) is 8.23. The van der Waals surface area contributed by atoms with Crippen molar-refractivity contribution in [2.75, 3.05) is 19.0 Å². The maximum Gasteiger partial charge on any atom is 0.264 e. The molecule has 0 fully saturated rings. The zero-order valence-electron chi connectivity index (χ0n) is 14.5. The number of benzene rings is 2. The van der Waals surface area contributed by atoms with Gasteiger partial charge in [-0.2, -0.15) is 0 Å². The summed E-state index contributed by atoms with van der Waals surface area (Å²) >= 11 is 1.32. The Morgan fingerprint density at radius 1 is 1.19 bits per heavy atom. The molecule has 0 saturated carbocycles. The topological polar surface area (TPSA) is 73.6 Å². The average molecular weight is 380 g/mol. The summed E-state index contributed by atoms with van der Waals surface area (Å²) in [7, 11) is 1.60. The number of furan rings is 1. The maximum absolute atomic E-state index is 12.0. The number of aromatic nitrogens is 1. The van der Waals surface area contributed by atoms with Crippen molar-refractivity contribution in [3.8, 4) is 23.0 Å². The summed E-state index contributed by atoms with van der Waals surface area (Å²) in [5, 5.41) is 5.98. The second kappa shape index (κ2) is 7.51. The van der Waals surface area contributed by atoms with Crippen LogP contribution in [-0.2, 0) is 4.79 Å². The number of rotatable bonds is 6. The standard InChI is InChI=1S/C20H16N2O4S/c1-24-16-9-5-6-13-10-17(26-19(13)16)15-12-27-20(21-15)22-18(23)11-25-14-7-3-2-4-8-14/h2-10,12H,11H2,1H3,(H,21,22,23). The van der Waals surface area contributed by atoms with Crippen molar-refractivity contribution in [2.45, 2.75) is 0 Å². The van der Waals surface area contributed by atoms with Crippen LogP contribution in [0.5, 0.6) is 11.5 Å². The number of thiazole rings is 1. The van der Waals surface area contributed by atoms with Crippen LogP contribution in [0, 0.1) is 0 Å². The van der Waals surface area contributed by atoms with Gasteiger partial charge in [0.05, 0.1) is 7.11 Å². The van der Waals surface area contributed by atoms with Crippen LogP contribution in [0.15, 0.2) is 64.4 Å². The van der Waals surface area contributed by atoms with Gasteiger partial charge in [0.15, 0.2) is 28.8 Å². The van der Waals surface area contributed by atoms with Crippen molar-refractivity contribution >= 4 is 33.3 Å². The molecular formula is C20H16N2O4S. The Morgan fingerprint density at radius 3 is 2.85 bits per heavy atom. The van der Waals surface area contributed by atoms with Gasteiger partial charge in [-0.25, -0.2) is 4.98 Å². The molecule has 4 rings (SSSR count). The van der Waals surface area contributed by atoms with Gasteiger partial charge in [-0.1, -0.05) is 30.3 Å². The average Bonchev–Trinajstić information content (AvgIpc) is 3.33. The molecule has 0 spiro atoms. The Morgan fingerprint density at radius 2 is 2.04 bits per heavy atom. The first-order chi connectivity index (χ1) is 13.2. The van der Waals surface area contributed by atoms with E-state index in [1.165, 1.54) is 11.3 Å². The highest BCUT2D eigenvalue weighted by Crippen LogP contribution is 2.34. The van der Waals surface area contributed by atoms with Crippen LogP contribution in [0.3, 0.4) is 0 Å². The highest BCUT2D eigenvalue weighted by molar-refractivity contribution is 7.14. The number of methoxy groups -OCH3 is 1. The van der Waals surface area contributed by atoms with Gasteiger partial charge in [0.1, 0.15) is 11.4 Å². The lowest BCUT2D eigenvalue weighted by Crippen LogP contribution is -2.19. The predicted molar refractivity (Wildman–Crippen MR) is 104 cm³/mol. The fourth-order valence-electron chi connectivity index (χ4n) is 2.59. The van der Waals surface area contributed by atoms with E-state index in [1.54, 1.807) is 19.2 Å². The number of hydrogen-bond acceptors (Lipinski definition) is 6. The summed E-state index contributed by atoms with van der Waals surface area (Å²) in [6.07, 6.45) is 0. The monoisotopic (exact) mass is 380 g/mol. The van der Waals surface area contributed by atoms with Gasteiger partial charge in [0.25, 0.3) is 5.91 Å². The van der Waals surface area contributed by atoms with Crippen LogP contribution in [-0.4, -0.2) is 24.6 Å². The molecular weight excluding hydrogens is 364 g/mol. The Labute approximate surface area is 159 Å². The van der Waals surface area contributed by atoms with E-state index in [0.717, 1.165) is 5.39 Å². The number of anilines is 1. The lowest BCUT2D eigenvalue weighted by molar-refractivity contribution is -0.118. The normalized spacial score (nSPS) is 10.7. The highest BCUT2D eigenvalue weighted by Gasteiger charge is 2.14. The van der Waals surface area contributed by atoms with Crippen LogP contribution >= 0.6 is 11.3 Å². The first kappa shape index (κ1) is 17.1. The van der Waals surface area contributed by atoms with Gasteiger partial charge in [-0.15, -0.1) is 11.3 Å². The number of carbonyl (C=O) groups is 1. The van der Waals surface area contributed by atoms with Crippen LogP contribution in [0.2, 0.25) is 0 Å². The number of amides is 1. The first-order valence-corrected chi connectivity index (χ1v) is 9.11. The molecule has 0 saturated heterocycles. The summed E-state index contributed by atoms with van der Waals surface area (Å²) in [5.41, 5.74) is 1.32. The third-order valence-corrected chi connectivity index (χ3v) is 4.60. The molecule has 6 nitrogen and oxygen atoms in total. The molecule has 0 atom stereocenters. The molecule has 7 heteroatoms. The molecule has 2 heterocycles. The number of nitrogens with zero attached hydrogens (tertiary/aromatic N) is 1. The minimum atomic E-state index is -0.272. The molecule has 0 radical (unpaired) electrons. The Hall–Kier alpha value is -3.32. The van der Waals surface area contributed by atoms with Crippen LogP contribution in [0.25, 0.3) is 22.4 Å². The van der Waals surface area contributed by atoms with E-state index in [-0.39, 0.29) is 12.5 Å². The highest BCUT2D eigenvalue weighted by atomic mass is 32.1. The molecule has 1 amide bonds. The summed E-state index contributed by atoms with van der Waals surface area (Å²) in [5.74, 6) is 1.65. The Balaban J connectivity index is 1.45. The molecule has 0 aliphatic heterocycles. The third kappa shape index (κ3) is 3.78. The zero-order chi connectivity index (χ0) is 18.6. The second-order valence-electron chi connectivity index (χ2n) is 5.68. The largest absolute Gasteiger partial charge is 0.493 e. The van der Waals surface area contributed by atoms with E-state index in [0.29, 0.717) is 33.7 Å². The van der Waals surface area contributed by atoms with E-state index in [2.05, 4.69) is 10.3 Å². The Bertz CT molecular complexity index is 1070. The molecule has 0 aliphatic rings. The van der Waals surface area contributed by atoms with Crippen molar-refractivity contribution in [3.05, 3.63) is 60.0 Å². The van der Waals surface area contributed by atoms with Gasteiger partial charge in [-0.05, 0) is 24.3 Å². The number of fused-ring (bicyclic) bond motifs is 1. The Kier molecular flexibility index (Phi) is 4.76. The quantitative estimate of drug-likeness (QED) is 0.530. The van der Waals surface area contributed by atoms with Gasteiger partial charge < -0.3 is 13.9 Å². The number of para-hydroxylation sites is 2. The van der Waals surface area contributed by atoms with E-state index in [1.807, 2.05) is 47.8 Å². The summed E-state index contributed by atoms with van der Waals surface area (Å²) in [6, 6.07) is 16.8. The van der Waals surface area contributed by atoms with Crippen molar-refractivity contribution in [3.63, 3.8) is 0 Å². The van der Waals surface area contributed by atoms with Crippen LogP contribution in [0.4, 0.5) is 5.13 Å². The van der Waals surface area contributed by atoms with E-state index in [9.17, 15) is 4.79 Å². The van der Waals surface area contributed by atoms with Gasteiger partial charge in [0.2, 0.25) is 0 Å². The van der Waals surface area contributed by atoms with E-state index in [4.69, 9.17) is 13.9 Å². The fourth-order valence-corrected chi connectivity index (χ4v) is 3.30. The van der Waals surface area contributed by atoms with E-state index >= 15 is 0 Å². The molecule has 0 unspecified atom stereocenters. The molecule has 1 N–H and O–H groups in total. The van der Waals surface area contributed by atoms with Crippen LogP contribution in [0.1, 0.15) is 0 Å². The van der Waals surface area contributed by atoms with Crippen molar-refractivity contribution in [2.24, 2.45) is 0 Å². The van der Waals surface area contributed by atoms with Gasteiger partial charge in [-0.3, -0.25) is 10.1 Å². The fraction of sp³-hybridized carbons (Fsp3) is 0.100. The lowest BCUT2D eigenvalue weighted by Gasteiger charge is -2.05. The minimum absolute atomic E-state index is 0.0826. The summed E-state index contributed by atoms with van der Waals surface area (Å²) in [6.45, 7) is -0.0826. The van der Waals surface area contributed by atoms with Crippen LogP contribution < -0.4 is 14.8 Å². The maximum atomic E-state index is 12.0. The summed E-state index contributed by atoms with van der Waals surface area (Å²) in [4.78, 5) is 16.5. The molecule has 2 aromatic carbocycles. The lowest BCUT2D eigenvalue weighted by atomic mass is 10.2. The van der Waals surface area contributed by atoms with Gasteiger partial charge in [0, 0.05) is 10.8 Å². The molecule has 4 aromatic rings.